The van der Waals surface area contributed by atoms with Gasteiger partial charge in [0.05, 0.1) is 6.04 Å². The lowest BCUT2D eigenvalue weighted by Gasteiger charge is -2.17. The van der Waals surface area contributed by atoms with E-state index in [4.69, 9.17) is 11.6 Å². The molecule has 0 unspecified atom stereocenters. The van der Waals surface area contributed by atoms with Gasteiger partial charge in [-0.15, -0.1) is 0 Å². The van der Waals surface area contributed by atoms with Gasteiger partial charge >= 0.3 is 6.03 Å². The van der Waals surface area contributed by atoms with E-state index >= 15 is 0 Å². The van der Waals surface area contributed by atoms with Gasteiger partial charge in [-0.1, -0.05) is 29.8 Å². The molecule has 0 aliphatic rings. The smallest absolute Gasteiger partial charge is 0.315 e. The van der Waals surface area contributed by atoms with Gasteiger partial charge in [0.15, 0.2) is 0 Å². The SMILES string of the molecule is CC(C)NC(=O)N[C@H](C)c1ccccc1Cl. The minimum Gasteiger partial charge on any atom is -0.336 e. The summed E-state index contributed by atoms with van der Waals surface area (Å²) in [5, 5.41) is 6.27. The van der Waals surface area contributed by atoms with Crippen LogP contribution in [0.2, 0.25) is 5.02 Å². The molecule has 1 aromatic carbocycles. The lowest BCUT2D eigenvalue weighted by molar-refractivity contribution is 0.235. The van der Waals surface area contributed by atoms with Crippen LogP contribution in [0.15, 0.2) is 24.3 Å². The monoisotopic (exact) mass is 240 g/mol. The summed E-state index contributed by atoms with van der Waals surface area (Å²) in [5.74, 6) is 0. The molecule has 0 heterocycles. The van der Waals surface area contributed by atoms with Crippen LogP contribution in [0.4, 0.5) is 4.79 Å². The van der Waals surface area contributed by atoms with Crippen molar-refractivity contribution in [3.63, 3.8) is 0 Å². The van der Waals surface area contributed by atoms with E-state index in [0.717, 1.165) is 5.56 Å². The fourth-order valence-electron chi connectivity index (χ4n) is 1.40. The van der Waals surface area contributed by atoms with Crippen LogP contribution >= 0.6 is 11.6 Å². The van der Waals surface area contributed by atoms with Crippen LogP contribution in [-0.4, -0.2) is 12.1 Å². The van der Waals surface area contributed by atoms with Crippen molar-refractivity contribution >= 4 is 17.6 Å². The van der Waals surface area contributed by atoms with Crippen LogP contribution in [0.3, 0.4) is 0 Å². The van der Waals surface area contributed by atoms with E-state index in [1.165, 1.54) is 0 Å². The molecule has 0 aromatic heterocycles. The molecule has 0 saturated carbocycles. The third kappa shape index (κ3) is 3.74. The van der Waals surface area contributed by atoms with Gasteiger partial charge in [-0.3, -0.25) is 0 Å². The Balaban J connectivity index is 2.62. The second-order valence-electron chi connectivity index (χ2n) is 4.02. The summed E-state index contributed by atoms with van der Waals surface area (Å²) < 4.78 is 0. The molecule has 2 N–H and O–H groups in total. The Morgan fingerprint density at radius 1 is 1.19 bits per heavy atom. The average Bonchev–Trinajstić information content (AvgIpc) is 2.16. The van der Waals surface area contributed by atoms with E-state index < -0.39 is 0 Å². The van der Waals surface area contributed by atoms with Crippen molar-refractivity contribution in [1.29, 1.82) is 0 Å². The van der Waals surface area contributed by atoms with Gasteiger partial charge in [-0.2, -0.15) is 0 Å². The lowest BCUT2D eigenvalue weighted by Crippen LogP contribution is -2.40. The van der Waals surface area contributed by atoms with Crippen LogP contribution in [0.1, 0.15) is 32.4 Å². The van der Waals surface area contributed by atoms with Crippen molar-refractivity contribution in [2.45, 2.75) is 32.9 Å². The van der Waals surface area contributed by atoms with Crippen molar-refractivity contribution in [2.75, 3.05) is 0 Å². The Kier molecular flexibility index (Phi) is 4.62. The maximum absolute atomic E-state index is 11.5. The number of benzene rings is 1. The number of carbonyl (C=O) groups excluding carboxylic acids is 1. The number of hydrogen-bond acceptors (Lipinski definition) is 1. The van der Waals surface area contributed by atoms with Crippen LogP contribution in [0.5, 0.6) is 0 Å². The fourth-order valence-corrected chi connectivity index (χ4v) is 1.70. The Hall–Kier alpha value is -1.22. The molecule has 0 radical (unpaired) electrons. The zero-order valence-corrected chi connectivity index (χ0v) is 10.5. The van der Waals surface area contributed by atoms with Gasteiger partial charge in [0.25, 0.3) is 0 Å². The van der Waals surface area contributed by atoms with Crippen LogP contribution in [-0.2, 0) is 0 Å². The van der Waals surface area contributed by atoms with Crippen molar-refractivity contribution in [3.8, 4) is 0 Å². The molecule has 0 spiro atoms. The third-order valence-corrected chi connectivity index (χ3v) is 2.48. The quantitative estimate of drug-likeness (QED) is 0.838. The summed E-state index contributed by atoms with van der Waals surface area (Å²) in [7, 11) is 0. The fraction of sp³-hybridized carbons (Fsp3) is 0.417. The maximum Gasteiger partial charge on any atom is 0.315 e. The lowest BCUT2D eigenvalue weighted by atomic mass is 10.1. The zero-order chi connectivity index (χ0) is 12.1. The molecule has 88 valence electrons. The number of rotatable bonds is 3. The molecule has 2 amide bonds. The third-order valence-electron chi connectivity index (χ3n) is 2.14. The van der Waals surface area contributed by atoms with Crippen LogP contribution in [0.25, 0.3) is 0 Å². The summed E-state index contributed by atoms with van der Waals surface area (Å²) in [5.41, 5.74) is 0.920. The first-order valence-electron chi connectivity index (χ1n) is 5.32. The average molecular weight is 241 g/mol. The van der Waals surface area contributed by atoms with E-state index in [-0.39, 0.29) is 18.1 Å². The number of carbonyl (C=O) groups is 1. The number of nitrogens with one attached hydrogen (secondary N) is 2. The van der Waals surface area contributed by atoms with E-state index in [0.29, 0.717) is 5.02 Å². The molecule has 0 bridgehead atoms. The molecule has 1 aromatic rings. The maximum atomic E-state index is 11.5. The van der Waals surface area contributed by atoms with Gasteiger partial charge in [0, 0.05) is 11.1 Å². The van der Waals surface area contributed by atoms with Gasteiger partial charge in [0.2, 0.25) is 0 Å². The van der Waals surface area contributed by atoms with Crippen LogP contribution in [0, 0.1) is 0 Å². The van der Waals surface area contributed by atoms with E-state index in [2.05, 4.69) is 10.6 Å². The van der Waals surface area contributed by atoms with E-state index in [9.17, 15) is 4.79 Å². The van der Waals surface area contributed by atoms with Gasteiger partial charge in [0.1, 0.15) is 0 Å². The van der Waals surface area contributed by atoms with Crippen molar-refractivity contribution in [1.82, 2.24) is 10.6 Å². The van der Waals surface area contributed by atoms with Gasteiger partial charge < -0.3 is 10.6 Å². The number of amides is 2. The molecule has 1 rings (SSSR count). The molecular weight excluding hydrogens is 224 g/mol. The highest BCUT2D eigenvalue weighted by Crippen LogP contribution is 2.21. The number of urea groups is 1. The molecule has 0 saturated heterocycles. The molecular formula is C12H17ClN2O. The Labute approximate surface area is 101 Å². The predicted octanol–water partition coefficient (Wildman–Crippen LogP) is 3.11. The Morgan fingerprint density at radius 2 is 1.81 bits per heavy atom. The standard InChI is InChI=1S/C12H17ClN2O/c1-8(2)14-12(16)15-9(3)10-6-4-5-7-11(10)13/h4-9H,1-3H3,(H2,14,15,16)/t9-/m1/s1. The molecule has 0 aliphatic heterocycles. The second-order valence-corrected chi connectivity index (χ2v) is 4.42. The summed E-state index contributed by atoms with van der Waals surface area (Å²) >= 11 is 6.04. The summed E-state index contributed by atoms with van der Waals surface area (Å²) in [6, 6.07) is 7.33. The highest BCUT2D eigenvalue weighted by molar-refractivity contribution is 6.31. The first kappa shape index (κ1) is 12.8. The van der Waals surface area contributed by atoms with Crippen molar-refractivity contribution < 1.29 is 4.79 Å². The highest BCUT2D eigenvalue weighted by Gasteiger charge is 2.12. The minimum absolute atomic E-state index is 0.104. The molecule has 4 heteroatoms. The first-order valence-corrected chi connectivity index (χ1v) is 5.70. The molecule has 3 nitrogen and oxygen atoms in total. The Bertz CT molecular complexity index is 366. The summed E-state index contributed by atoms with van der Waals surface area (Å²) in [6.45, 7) is 5.74. The summed E-state index contributed by atoms with van der Waals surface area (Å²) in [6.07, 6.45) is 0. The molecule has 0 fully saturated rings. The Morgan fingerprint density at radius 3 is 2.38 bits per heavy atom. The number of halogens is 1. The van der Waals surface area contributed by atoms with Crippen LogP contribution < -0.4 is 10.6 Å². The predicted molar refractivity (Wildman–Crippen MR) is 66.7 cm³/mol. The molecule has 0 aliphatic carbocycles. The van der Waals surface area contributed by atoms with Gasteiger partial charge in [-0.25, -0.2) is 4.79 Å². The topological polar surface area (TPSA) is 41.1 Å². The highest BCUT2D eigenvalue weighted by atomic mass is 35.5. The second kappa shape index (κ2) is 5.75. The van der Waals surface area contributed by atoms with E-state index in [1.807, 2.05) is 45.0 Å². The number of hydrogen-bond donors (Lipinski definition) is 2. The van der Waals surface area contributed by atoms with Crippen molar-refractivity contribution in [2.24, 2.45) is 0 Å². The van der Waals surface area contributed by atoms with Crippen molar-refractivity contribution in [3.05, 3.63) is 34.9 Å². The molecule has 16 heavy (non-hydrogen) atoms. The zero-order valence-electron chi connectivity index (χ0n) is 9.75. The van der Waals surface area contributed by atoms with E-state index in [1.54, 1.807) is 0 Å². The van der Waals surface area contributed by atoms with Gasteiger partial charge in [-0.05, 0) is 32.4 Å². The summed E-state index contributed by atoms with van der Waals surface area (Å²) in [4.78, 5) is 11.5. The largest absolute Gasteiger partial charge is 0.336 e. The molecule has 1 atom stereocenters. The minimum atomic E-state index is -0.178. The normalized spacial score (nSPS) is 12.3. The first-order chi connectivity index (χ1) is 7.50.